The van der Waals surface area contributed by atoms with Crippen molar-refractivity contribution in [3.05, 3.63) is 39.7 Å². The third-order valence-electron chi connectivity index (χ3n) is 2.31. The fraction of sp³-hybridized carbons (Fsp3) is 0.333. The molecule has 0 atom stereocenters. The fourth-order valence-electron chi connectivity index (χ4n) is 1.41. The van der Waals surface area contributed by atoms with Crippen LogP contribution in [0.2, 0.25) is 10.0 Å². The van der Waals surface area contributed by atoms with Gasteiger partial charge in [0.05, 0.1) is 6.42 Å². The van der Waals surface area contributed by atoms with E-state index in [1.165, 1.54) is 11.8 Å². The predicted molar refractivity (Wildman–Crippen MR) is 79.6 cm³/mol. The molecule has 0 spiro atoms. The molecular formula is C12H11Cl3N2OS. The second kappa shape index (κ2) is 7.39. The van der Waals surface area contributed by atoms with Crippen molar-refractivity contribution in [3.8, 4) is 0 Å². The highest BCUT2D eigenvalue weighted by Gasteiger charge is 2.09. The minimum Gasteiger partial charge on any atom is -0.416 e. The van der Waals surface area contributed by atoms with E-state index in [1.807, 2.05) is 6.07 Å². The van der Waals surface area contributed by atoms with Crippen LogP contribution >= 0.6 is 46.6 Å². The molecule has 0 aliphatic carbocycles. The average molecular weight is 338 g/mol. The SMILES string of the molecule is ClCCCSc1nnc(Cc2ccc(Cl)cc2Cl)o1. The van der Waals surface area contributed by atoms with E-state index < -0.39 is 0 Å². The molecule has 0 radical (unpaired) electrons. The molecule has 102 valence electrons. The molecule has 1 aromatic carbocycles. The van der Waals surface area contributed by atoms with Gasteiger partial charge in [-0.2, -0.15) is 0 Å². The second-order valence-electron chi connectivity index (χ2n) is 3.77. The molecule has 2 aromatic rings. The van der Waals surface area contributed by atoms with Crippen molar-refractivity contribution in [2.45, 2.75) is 18.1 Å². The van der Waals surface area contributed by atoms with Crippen LogP contribution in [0.3, 0.4) is 0 Å². The number of hydrogen-bond donors (Lipinski definition) is 0. The maximum absolute atomic E-state index is 6.09. The Morgan fingerprint density at radius 3 is 2.79 bits per heavy atom. The maximum Gasteiger partial charge on any atom is 0.276 e. The summed E-state index contributed by atoms with van der Waals surface area (Å²) in [5.41, 5.74) is 0.909. The average Bonchev–Trinajstić information content (AvgIpc) is 2.81. The lowest BCUT2D eigenvalue weighted by Gasteiger charge is -2.01. The van der Waals surface area contributed by atoms with E-state index in [0.29, 0.717) is 33.5 Å². The van der Waals surface area contributed by atoms with Gasteiger partial charge in [-0.1, -0.05) is 41.0 Å². The zero-order valence-electron chi connectivity index (χ0n) is 9.91. The van der Waals surface area contributed by atoms with E-state index in [-0.39, 0.29) is 0 Å². The lowest BCUT2D eigenvalue weighted by atomic mass is 10.1. The van der Waals surface area contributed by atoms with E-state index in [4.69, 9.17) is 39.2 Å². The zero-order valence-corrected chi connectivity index (χ0v) is 13.0. The van der Waals surface area contributed by atoms with Gasteiger partial charge in [0, 0.05) is 21.7 Å². The monoisotopic (exact) mass is 336 g/mol. The highest BCUT2D eigenvalue weighted by Crippen LogP contribution is 2.24. The van der Waals surface area contributed by atoms with Crippen LogP contribution in [0.1, 0.15) is 17.9 Å². The molecular weight excluding hydrogens is 327 g/mol. The molecule has 1 aromatic heterocycles. The van der Waals surface area contributed by atoms with Gasteiger partial charge >= 0.3 is 0 Å². The van der Waals surface area contributed by atoms with Crippen LogP contribution in [0.15, 0.2) is 27.8 Å². The Balaban J connectivity index is 1.99. The summed E-state index contributed by atoms with van der Waals surface area (Å²) in [6.45, 7) is 0. The number of thioether (sulfide) groups is 1. The van der Waals surface area contributed by atoms with Gasteiger partial charge in [0.25, 0.3) is 5.22 Å². The summed E-state index contributed by atoms with van der Waals surface area (Å²) in [7, 11) is 0. The molecule has 1 heterocycles. The molecule has 0 N–H and O–H groups in total. The van der Waals surface area contributed by atoms with Gasteiger partial charge in [0.1, 0.15) is 0 Å². The Hall–Kier alpha value is -0.420. The maximum atomic E-state index is 6.09. The lowest BCUT2D eigenvalue weighted by Crippen LogP contribution is -1.89. The topological polar surface area (TPSA) is 38.9 Å². The van der Waals surface area contributed by atoms with Gasteiger partial charge in [-0.15, -0.1) is 21.8 Å². The number of halogens is 3. The quantitative estimate of drug-likeness (QED) is 0.435. The predicted octanol–water partition coefficient (Wildman–Crippen LogP) is 4.69. The van der Waals surface area contributed by atoms with Crippen molar-refractivity contribution in [1.29, 1.82) is 0 Å². The molecule has 7 heteroatoms. The number of alkyl halides is 1. The van der Waals surface area contributed by atoms with Crippen LogP contribution in [0.4, 0.5) is 0 Å². The first-order valence-electron chi connectivity index (χ1n) is 5.64. The Labute approximate surface area is 130 Å². The van der Waals surface area contributed by atoms with Gasteiger partial charge in [-0.3, -0.25) is 0 Å². The Morgan fingerprint density at radius 1 is 1.21 bits per heavy atom. The number of hydrogen-bond acceptors (Lipinski definition) is 4. The normalized spacial score (nSPS) is 10.9. The summed E-state index contributed by atoms with van der Waals surface area (Å²) >= 11 is 19.0. The Kier molecular flexibility index (Phi) is 5.82. The molecule has 0 amide bonds. The number of rotatable bonds is 6. The van der Waals surface area contributed by atoms with E-state index in [9.17, 15) is 0 Å². The highest BCUT2D eigenvalue weighted by molar-refractivity contribution is 7.99. The molecule has 2 rings (SSSR count). The number of nitrogens with zero attached hydrogens (tertiary/aromatic N) is 2. The van der Waals surface area contributed by atoms with Crippen LogP contribution in [-0.4, -0.2) is 21.8 Å². The molecule has 0 saturated heterocycles. The van der Waals surface area contributed by atoms with E-state index in [2.05, 4.69) is 10.2 Å². The van der Waals surface area contributed by atoms with Crippen LogP contribution in [0.5, 0.6) is 0 Å². The van der Waals surface area contributed by atoms with Crippen LogP contribution < -0.4 is 0 Å². The molecule has 0 saturated carbocycles. The molecule has 19 heavy (non-hydrogen) atoms. The zero-order chi connectivity index (χ0) is 13.7. The van der Waals surface area contributed by atoms with E-state index >= 15 is 0 Å². The van der Waals surface area contributed by atoms with Crippen molar-refractivity contribution < 1.29 is 4.42 Å². The van der Waals surface area contributed by atoms with Crippen molar-refractivity contribution >= 4 is 46.6 Å². The summed E-state index contributed by atoms with van der Waals surface area (Å²) in [4.78, 5) is 0. The molecule has 0 bridgehead atoms. The van der Waals surface area contributed by atoms with Crippen LogP contribution in [-0.2, 0) is 6.42 Å². The third kappa shape index (κ3) is 4.56. The largest absolute Gasteiger partial charge is 0.416 e. The van der Waals surface area contributed by atoms with E-state index in [0.717, 1.165) is 17.7 Å². The smallest absolute Gasteiger partial charge is 0.276 e. The Bertz CT molecular complexity index is 548. The summed E-state index contributed by atoms with van der Waals surface area (Å²) in [6, 6.07) is 5.34. The molecule has 0 aliphatic rings. The molecule has 3 nitrogen and oxygen atoms in total. The summed E-state index contributed by atoms with van der Waals surface area (Å²) in [5, 5.41) is 9.72. The van der Waals surface area contributed by atoms with Gasteiger partial charge in [0.15, 0.2) is 0 Å². The van der Waals surface area contributed by atoms with Crippen LogP contribution in [0.25, 0.3) is 0 Å². The number of aromatic nitrogens is 2. The molecule has 0 fully saturated rings. The van der Waals surface area contributed by atoms with Gasteiger partial charge in [0.2, 0.25) is 5.89 Å². The van der Waals surface area contributed by atoms with Gasteiger partial charge < -0.3 is 4.42 Å². The third-order valence-corrected chi connectivity index (χ3v) is 4.07. The summed E-state index contributed by atoms with van der Waals surface area (Å²) in [5.74, 6) is 2.04. The van der Waals surface area contributed by atoms with Crippen molar-refractivity contribution in [3.63, 3.8) is 0 Å². The minimum absolute atomic E-state index is 0.499. The Morgan fingerprint density at radius 2 is 2.05 bits per heavy atom. The van der Waals surface area contributed by atoms with E-state index in [1.54, 1.807) is 12.1 Å². The molecule has 0 unspecified atom stereocenters. The van der Waals surface area contributed by atoms with Crippen molar-refractivity contribution in [2.24, 2.45) is 0 Å². The first-order valence-corrected chi connectivity index (χ1v) is 7.91. The fourth-order valence-corrected chi connectivity index (χ4v) is 2.89. The number of benzene rings is 1. The first-order chi connectivity index (χ1) is 9.19. The minimum atomic E-state index is 0.499. The van der Waals surface area contributed by atoms with Crippen molar-refractivity contribution in [1.82, 2.24) is 10.2 Å². The molecule has 0 aliphatic heterocycles. The van der Waals surface area contributed by atoms with Gasteiger partial charge in [-0.25, -0.2) is 0 Å². The summed E-state index contributed by atoms with van der Waals surface area (Å²) in [6.07, 6.45) is 1.41. The first kappa shape index (κ1) is 15.0. The highest BCUT2D eigenvalue weighted by atomic mass is 35.5. The standard InChI is InChI=1S/C12H11Cl3N2OS/c13-4-1-5-19-12-17-16-11(18-12)6-8-2-3-9(14)7-10(8)15/h2-3,7H,1,4-6H2. The second-order valence-corrected chi connectivity index (χ2v) is 6.03. The lowest BCUT2D eigenvalue weighted by molar-refractivity contribution is 0.420. The summed E-state index contributed by atoms with van der Waals surface area (Å²) < 4.78 is 5.53. The van der Waals surface area contributed by atoms with Gasteiger partial charge in [-0.05, 0) is 24.1 Å². The van der Waals surface area contributed by atoms with Crippen LogP contribution in [0, 0.1) is 0 Å². The van der Waals surface area contributed by atoms with Crippen molar-refractivity contribution in [2.75, 3.05) is 11.6 Å².